The third-order valence-corrected chi connectivity index (χ3v) is 4.13. The summed E-state index contributed by atoms with van der Waals surface area (Å²) in [6.07, 6.45) is 0.163. The van der Waals surface area contributed by atoms with E-state index >= 15 is 0 Å². The lowest BCUT2D eigenvalue weighted by atomic mass is 10.0. The van der Waals surface area contributed by atoms with E-state index < -0.39 is 6.10 Å². The van der Waals surface area contributed by atoms with Crippen molar-refractivity contribution in [3.05, 3.63) is 71.8 Å². The fourth-order valence-electron chi connectivity index (χ4n) is 2.98. The van der Waals surface area contributed by atoms with Gasteiger partial charge in [-0.1, -0.05) is 74.5 Å². The fourth-order valence-corrected chi connectivity index (χ4v) is 2.98. The molecule has 0 saturated heterocycles. The van der Waals surface area contributed by atoms with Crippen LogP contribution in [0, 0.1) is 5.92 Å². The van der Waals surface area contributed by atoms with Crippen LogP contribution in [0.4, 0.5) is 0 Å². The third kappa shape index (κ3) is 6.44. The van der Waals surface area contributed by atoms with Crippen molar-refractivity contribution in [2.24, 2.45) is 11.7 Å². The van der Waals surface area contributed by atoms with Crippen LogP contribution >= 0.6 is 0 Å². The van der Waals surface area contributed by atoms with Gasteiger partial charge in [-0.25, -0.2) is 0 Å². The Balaban J connectivity index is 1.94. The number of aliphatic hydroxyl groups excluding tert-OH is 1. The Hall–Kier alpha value is -1.68. The lowest BCUT2D eigenvalue weighted by molar-refractivity contribution is 0.0818. The molecule has 0 aromatic heterocycles. The van der Waals surface area contributed by atoms with E-state index in [2.05, 4.69) is 55.1 Å². The molecule has 2 atom stereocenters. The van der Waals surface area contributed by atoms with E-state index in [0.717, 1.165) is 13.1 Å². The zero-order valence-electron chi connectivity index (χ0n) is 14.8. The number of aliphatic hydroxyl groups is 1. The zero-order chi connectivity index (χ0) is 17.4. The highest BCUT2D eigenvalue weighted by molar-refractivity contribution is 5.16. The molecule has 0 radical (unpaired) electrons. The van der Waals surface area contributed by atoms with E-state index in [1.54, 1.807) is 0 Å². The molecule has 0 spiro atoms. The molecule has 0 aliphatic carbocycles. The molecule has 0 unspecified atom stereocenters. The van der Waals surface area contributed by atoms with Crippen molar-refractivity contribution >= 4 is 0 Å². The molecule has 0 amide bonds. The summed E-state index contributed by atoms with van der Waals surface area (Å²) in [5, 5.41) is 10.6. The van der Waals surface area contributed by atoms with Crippen LogP contribution in [0.5, 0.6) is 0 Å². The van der Waals surface area contributed by atoms with Crippen LogP contribution in [0.2, 0.25) is 0 Å². The fraction of sp³-hybridized carbons (Fsp3) is 0.429. The van der Waals surface area contributed by atoms with Crippen molar-refractivity contribution in [2.75, 3.05) is 13.1 Å². The quantitative estimate of drug-likeness (QED) is 0.744. The zero-order valence-corrected chi connectivity index (χ0v) is 14.8. The first-order chi connectivity index (χ1) is 11.5. The Morgan fingerprint density at radius 2 is 1.42 bits per heavy atom. The molecular weight excluding hydrogens is 296 g/mol. The summed E-state index contributed by atoms with van der Waals surface area (Å²) < 4.78 is 0. The van der Waals surface area contributed by atoms with Gasteiger partial charge in [0.1, 0.15) is 0 Å². The molecule has 130 valence electrons. The van der Waals surface area contributed by atoms with Gasteiger partial charge < -0.3 is 10.8 Å². The highest BCUT2D eigenvalue weighted by Crippen LogP contribution is 2.11. The van der Waals surface area contributed by atoms with E-state index in [0.29, 0.717) is 18.9 Å². The van der Waals surface area contributed by atoms with E-state index in [-0.39, 0.29) is 6.04 Å². The average molecular weight is 326 g/mol. The summed E-state index contributed by atoms with van der Waals surface area (Å²) in [4.78, 5) is 2.30. The molecule has 3 heteroatoms. The van der Waals surface area contributed by atoms with E-state index in [1.165, 1.54) is 11.1 Å². The minimum absolute atomic E-state index is 0.252. The summed E-state index contributed by atoms with van der Waals surface area (Å²) in [7, 11) is 0. The molecule has 0 heterocycles. The maximum Gasteiger partial charge on any atom is 0.0821 e. The Bertz CT molecular complexity index is 571. The van der Waals surface area contributed by atoms with Crippen molar-refractivity contribution in [1.82, 2.24) is 4.90 Å². The third-order valence-electron chi connectivity index (χ3n) is 4.13. The predicted octanol–water partition coefficient (Wildman–Crippen LogP) is 3.08. The van der Waals surface area contributed by atoms with Crippen molar-refractivity contribution in [3.63, 3.8) is 0 Å². The first-order valence-corrected chi connectivity index (χ1v) is 8.78. The lowest BCUT2D eigenvalue weighted by Crippen LogP contribution is -2.45. The maximum atomic E-state index is 10.6. The highest BCUT2D eigenvalue weighted by atomic mass is 16.3. The summed E-state index contributed by atoms with van der Waals surface area (Å²) in [5.41, 5.74) is 8.68. The number of rotatable bonds is 9. The van der Waals surface area contributed by atoms with Crippen LogP contribution in [0.1, 0.15) is 25.0 Å². The van der Waals surface area contributed by atoms with E-state index in [1.807, 2.05) is 24.3 Å². The first-order valence-electron chi connectivity index (χ1n) is 8.78. The average Bonchev–Trinajstić information content (AvgIpc) is 2.56. The molecule has 0 bridgehead atoms. The number of nitrogens with two attached hydrogens (primary N) is 1. The van der Waals surface area contributed by atoms with Crippen LogP contribution in [-0.2, 0) is 13.0 Å². The second-order valence-corrected chi connectivity index (χ2v) is 6.99. The summed E-state index contributed by atoms with van der Waals surface area (Å²) in [6.45, 7) is 6.79. The molecule has 0 aliphatic rings. The molecule has 0 aliphatic heterocycles. The van der Waals surface area contributed by atoms with Crippen LogP contribution in [0.25, 0.3) is 0 Å². The highest BCUT2D eigenvalue weighted by Gasteiger charge is 2.19. The molecule has 0 fully saturated rings. The normalized spacial score (nSPS) is 14.1. The van der Waals surface area contributed by atoms with Gasteiger partial charge in [0, 0.05) is 25.7 Å². The standard InChI is InChI=1S/C21H30N2O/c1-17(2)14-23(15-19-11-7-4-8-12-19)16-21(24)20(22)13-18-9-5-3-6-10-18/h3-12,17,20-21,24H,13-16,22H2,1-2H3/t20-,21+/m1/s1. The minimum Gasteiger partial charge on any atom is -0.390 e. The smallest absolute Gasteiger partial charge is 0.0821 e. The van der Waals surface area contributed by atoms with Crippen LogP contribution in [0.15, 0.2) is 60.7 Å². The molecule has 24 heavy (non-hydrogen) atoms. The Morgan fingerprint density at radius 1 is 0.875 bits per heavy atom. The van der Waals surface area contributed by atoms with E-state index in [4.69, 9.17) is 5.73 Å². The largest absolute Gasteiger partial charge is 0.390 e. The SMILES string of the molecule is CC(C)CN(Cc1ccccc1)C[C@H](O)[C@H](N)Cc1ccccc1. The predicted molar refractivity (Wildman–Crippen MR) is 101 cm³/mol. The Labute approximate surface area is 146 Å². The summed E-state index contributed by atoms with van der Waals surface area (Å²) in [5.74, 6) is 0.547. The van der Waals surface area contributed by atoms with Crippen LogP contribution in [-0.4, -0.2) is 35.2 Å². The molecule has 3 nitrogen and oxygen atoms in total. The second kappa shape index (κ2) is 9.58. The number of hydrogen-bond acceptors (Lipinski definition) is 3. The van der Waals surface area contributed by atoms with Gasteiger partial charge in [0.25, 0.3) is 0 Å². The first kappa shape index (κ1) is 18.7. The van der Waals surface area contributed by atoms with Gasteiger partial charge in [-0.05, 0) is 23.5 Å². The lowest BCUT2D eigenvalue weighted by Gasteiger charge is -2.29. The molecule has 2 aromatic carbocycles. The minimum atomic E-state index is -0.535. The molecule has 2 rings (SSSR count). The van der Waals surface area contributed by atoms with Crippen molar-refractivity contribution in [2.45, 2.75) is 39.0 Å². The van der Waals surface area contributed by atoms with Gasteiger partial charge in [0.05, 0.1) is 6.10 Å². The Kier molecular flexibility index (Phi) is 7.44. The number of nitrogens with zero attached hydrogens (tertiary/aromatic N) is 1. The Morgan fingerprint density at radius 3 is 1.96 bits per heavy atom. The van der Waals surface area contributed by atoms with Gasteiger partial charge in [-0.2, -0.15) is 0 Å². The van der Waals surface area contributed by atoms with Gasteiger partial charge in [-0.3, -0.25) is 4.90 Å². The molecule has 3 N–H and O–H groups in total. The summed E-state index contributed by atoms with van der Waals surface area (Å²) in [6, 6.07) is 20.3. The van der Waals surface area contributed by atoms with Gasteiger partial charge >= 0.3 is 0 Å². The van der Waals surface area contributed by atoms with Crippen molar-refractivity contribution in [3.8, 4) is 0 Å². The second-order valence-electron chi connectivity index (χ2n) is 6.99. The van der Waals surface area contributed by atoms with Gasteiger partial charge in [0.2, 0.25) is 0 Å². The van der Waals surface area contributed by atoms with Gasteiger partial charge in [-0.15, -0.1) is 0 Å². The maximum absolute atomic E-state index is 10.6. The molecular formula is C21H30N2O. The molecule has 2 aromatic rings. The van der Waals surface area contributed by atoms with Crippen molar-refractivity contribution < 1.29 is 5.11 Å². The van der Waals surface area contributed by atoms with E-state index in [9.17, 15) is 5.11 Å². The number of hydrogen-bond donors (Lipinski definition) is 2. The number of benzene rings is 2. The van der Waals surface area contributed by atoms with Gasteiger partial charge in [0.15, 0.2) is 0 Å². The van der Waals surface area contributed by atoms with Crippen molar-refractivity contribution in [1.29, 1.82) is 0 Å². The molecule has 0 saturated carbocycles. The van der Waals surface area contributed by atoms with Crippen LogP contribution < -0.4 is 5.73 Å². The van der Waals surface area contributed by atoms with Crippen LogP contribution in [0.3, 0.4) is 0 Å². The summed E-state index contributed by atoms with van der Waals surface area (Å²) >= 11 is 0. The monoisotopic (exact) mass is 326 g/mol. The topological polar surface area (TPSA) is 49.5 Å².